The van der Waals surface area contributed by atoms with Crippen molar-refractivity contribution in [2.24, 2.45) is 0 Å². The maximum Gasteiger partial charge on any atom is 0.416 e. The molecular formula is C14H11F4NO. The van der Waals surface area contributed by atoms with Crippen LogP contribution < -0.4 is 10.5 Å². The smallest absolute Gasteiger partial charge is 0.416 e. The number of hydrogen-bond donors (Lipinski definition) is 1. The number of rotatable bonds is 2. The van der Waals surface area contributed by atoms with Crippen molar-refractivity contribution < 1.29 is 22.3 Å². The highest BCUT2D eigenvalue weighted by molar-refractivity contribution is 5.77. The molecule has 0 aliphatic rings. The van der Waals surface area contributed by atoms with E-state index in [-0.39, 0.29) is 16.8 Å². The molecule has 0 spiro atoms. The van der Waals surface area contributed by atoms with E-state index >= 15 is 0 Å². The minimum absolute atomic E-state index is 0.122. The van der Waals surface area contributed by atoms with Crippen LogP contribution in [0.1, 0.15) is 5.56 Å². The van der Waals surface area contributed by atoms with Crippen LogP contribution in [0.25, 0.3) is 11.1 Å². The maximum absolute atomic E-state index is 13.9. The molecule has 0 aromatic heterocycles. The van der Waals surface area contributed by atoms with Crippen LogP contribution in [0.15, 0.2) is 36.4 Å². The van der Waals surface area contributed by atoms with Crippen LogP contribution in [0.3, 0.4) is 0 Å². The van der Waals surface area contributed by atoms with Crippen molar-refractivity contribution in [3.63, 3.8) is 0 Å². The largest absolute Gasteiger partial charge is 0.497 e. The number of hydrogen-bond acceptors (Lipinski definition) is 2. The Morgan fingerprint density at radius 2 is 1.65 bits per heavy atom. The predicted octanol–water partition coefficient (Wildman–Crippen LogP) is 4.10. The normalized spacial score (nSPS) is 11.4. The number of halogens is 4. The SMILES string of the molecule is COc1ccc(-c2ccc(C(F)(F)F)cc2N)c(F)c1. The summed E-state index contributed by atoms with van der Waals surface area (Å²) in [6.07, 6.45) is -4.48. The van der Waals surface area contributed by atoms with Crippen molar-refractivity contribution in [2.45, 2.75) is 6.18 Å². The number of ether oxygens (including phenoxy) is 1. The van der Waals surface area contributed by atoms with Crippen LogP contribution in [-0.4, -0.2) is 7.11 Å². The predicted molar refractivity (Wildman–Crippen MR) is 67.8 cm³/mol. The molecule has 106 valence electrons. The van der Waals surface area contributed by atoms with Gasteiger partial charge in [-0.2, -0.15) is 13.2 Å². The molecule has 0 fully saturated rings. The van der Waals surface area contributed by atoms with Crippen LogP contribution in [0.4, 0.5) is 23.2 Å². The zero-order chi connectivity index (χ0) is 14.9. The fourth-order valence-electron chi connectivity index (χ4n) is 1.83. The van der Waals surface area contributed by atoms with E-state index < -0.39 is 17.6 Å². The van der Waals surface area contributed by atoms with E-state index in [1.807, 2.05) is 0 Å². The molecule has 0 radical (unpaired) electrons. The Labute approximate surface area is 112 Å². The van der Waals surface area contributed by atoms with Crippen molar-refractivity contribution in [2.75, 3.05) is 12.8 Å². The number of nitrogens with two attached hydrogens (primary N) is 1. The fourth-order valence-corrected chi connectivity index (χ4v) is 1.83. The number of benzene rings is 2. The van der Waals surface area contributed by atoms with Gasteiger partial charge in [0.15, 0.2) is 0 Å². The van der Waals surface area contributed by atoms with Gasteiger partial charge in [-0.25, -0.2) is 4.39 Å². The van der Waals surface area contributed by atoms with Gasteiger partial charge in [0.1, 0.15) is 11.6 Å². The lowest BCUT2D eigenvalue weighted by Gasteiger charge is -2.12. The first-order valence-electron chi connectivity index (χ1n) is 5.63. The molecule has 2 aromatic rings. The third kappa shape index (κ3) is 2.68. The minimum atomic E-state index is -4.48. The summed E-state index contributed by atoms with van der Waals surface area (Å²) >= 11 is 0. The second kappa shape index (κ2) is 5.03. The van der Waals surface area contributed by atoms with E-state index in [2.05, 4.69) is 0 Å². The average molecular weight is 285 g/mol. The van der Waals surface area contributed by atoms with Crippen molar-refractivity contribution in [3.8, 4) is 16.9 Å². The van der Waals surface area contributed by atoms with Crippen LogP contribution in [0, 0.1) is 5.82 Å². The molecule has 2 nitrogen and oxygen atoms in total. The molecular weight excluding hydrogens is 274 g/mol. The summed E-state index contributed by atoms with van der Waals surface area (Å²) in [7, 11) is 1.39. The molecule has 2 aromatic carbocycles. The highest BCUT2D eigenvalue weighted by Gasteiger charge is 2.31. The topological polar surface area (TPSA) is 35.2 Å². The third-order valence-electron chi connectivity index (χ3n) is 2.85. The minimum Gasteiger partial charge on any atom is -0.497 e. The molecule has 0 bridgehead atoms. The third-order valence-corrected chi connectivity index (χ3v) is 2.85. The summed E-state index contributed by atoms with van der Waals surface area (Å²) in [6.45, 7) is 0. The molecule has 6 heteroatoms. The van der Waals surface area contributed by atoms with Crippen LogP contribution >= 0.6 is 0 Å². The summed E-state index contributed by atoms with van der Waals surface area (Å²) < 4.78 is 56.3. The molecule has 0 amide bonds. The summed E-state index contributed by atoms with van der Waals surface area (Å²) in [5.41, 5.74) is 4.92. The molecule has 0 unspecified atom stereocenters. The fraction of sp³-hybridized carbons (Fsp3) is 0.143. The first-order valence-corrected chi connectivity index (χ1v) is 5.63. The molecule has 2 N–H and O–H groups in total. The molecule has 2 rings (SSSR count). The highest BCUT2D eigenvalue weighted by atomic mass is 19.4. The van der Waals surface area contributed by atoms with Gasteiger partial charge in [0.25, 0.3) is 0 Å². The lowest BCUT2D eigenvalue weighted by molar-refractivity contribution is -0.137. The van der Waals surface area contributed by atoms with Gasteiger partial charge in [-0.05, 0) is 24.3 Å². The Balaban J connectivity index is 2.49. The zero-order valence-electron chi connectivity index (χ0n) is 10.5. The number of alkyl halides is 3. The Hall–Kier alpha value is -2.24. The van der Waals surface area contributed by atoms with Gasteiger partial charge in [-0.3, -0.25) is 0 Å². The zero-order valence-corrected chi connectivity index (χ0v) is 10.5. The monoisotopic (exact) mass is 285 g/mol. The van der Waals surface area contributed by atoms with Gasteiger partial charge in [-0.1, -0.05) is 6.07 Å². The van der Waals surface area contributed by atoms with Crippen molar-refractivity contribution in [1.82, 2.24) is 0 Å². The second-order valence-electron chi connectivity index (χ2n) is 4.15. The Kier molecular flexibility index (Phi) is 3.57. The average Bonchev–Trinajstić information content (AvgIpc) is 2.38. The molecule has 0 heterocycles. The summed E-state index contributed by atoms with van der Waals surface area (Å²) in [5.74, 6) is -0.299. The lowest BCUT2D eigenvalue weighted by atomic mass is 10.0. The molecule has 0 saturated heterocycles. The first kappa shape index (κ1) is 14.2. The van der Waals surface area contributed by atoms with Crippen molar-refractivity contribution in [3.05, 3.63) is 47.8 Å². The van der Waals surface area contributed by atoms with Gasteiger partial charge in [0, 0.05) is 22.9 Å². The molecule has 0 aliphatic carbocycles. The number of anilines is 1. The van der Waals surface area contributed by atoms with E-state index in [9.17, 15) is 17.6 Å². The number of nitrogen functional groups attached to an aromatic ring is 1. The van der Waals surface area contributed by atoms with Gasteiger partial charge < -0.3 is 10.5 Å². The van der Waals surface area contributed by atoms with Gasteiger partial charge in [0.05, 0.1) is 12.7 Å². The number of methoxy groups -OCH3 is 1. The summed E-state index contributed by atoms with van der Waals surface area (Å²) in [6, 6.07) is 6.88. The first-order chi connectivity index (χ1) is 9.32. The van der Waals surface area contributed by atoms with E-state index in [1.165, 1.54) is 19.2 Å². The van der Waals surface area contributed by atoms with E-state index in [1.54, 1.807) is 0 Å². The Bertz CT molecular complexity index is 638. The van der Waals surface area contributed by atoms with Crippen molar-refractivity contribution >= 4 is 5.69 Å². The summed E-state index contributed by atoms with van der Waals surface area (Å²) in [5, 5.41) is 0. The molecule has 20 heavy (non-hydrogen) atoms. The molecule has 0 saturated carbocycles. The summed E-state index contributed by atoms with van der Waals surface area (Å²) in [4.78, 5) is 0. The lowest BCUT2D eigenvalue weighted by Crippen LogP contribution is -2.06. The quantitative estimate of drug-likeness (QED) is 0.666. The van der Waals surface area contributed by atoms with E-state index in [0.29, 0.717) is 5.75 Å². The maximum atomic E-state index is 13.9. The van der Waals surface area contributed by atoms with Gasteiger partial charge in [-0.15, -0.1) is 0 Å². The highest BCUT2D eigenvalue weighted by Crippen LogP contribution is 2.36. The molecule has 0 atom stereocenters. The Morgan fingerprint density at radius 1 is 1.00 bits per heavy atom. The van der Waals surface area contributed by atoms with Crippen LogP contribution in [0.2, 0.25) is 0 Å². The Morgan fingerprint density at radius 3 is 2.15 bits per heavy atom. The van der Waals surface area contributed by atoms with Crippen molar-refractivity contribution in [1.29, 1.82) is 0 Å². The van der Waals surface area contributed by atoms with E-state index in [0.717, 1.165) is 24.3 Å². The van der Waals surface area contributed by atoms with Crippen LogP contribution in [0.5, 0.6) is 5.75 Å². The molecule has 0 aliphatic heterocycles. The second-order valence-corrected chi connectivity index (χ2v) is 4.15. The van der Waals surface area contributed by atoms with Crippen LogP contribution in [-0.2, 0) is 6.18 Å². The van der Waals surface area contributed by atoms with E-state index in [4.69, 9.17) is 10.5 Å². The standard InChI is InChI=1S/C14H11F4NO/c1-20-9-3-5-10(12(15)7-9)11-4-2-8(6-13(11)19)14(16,17)18/h2-7H,19H2,1H3. The van der Waals surface area contributed by atoms with Gasteiger partial charge >= 0.3 is 6.18 Å². The van der Waals surface area contributed by atoms with Gasteiger partial charge in [0.2, 0.25) is 0 Å².